The van der Waals surface area contributed by atoms with Crippen LogP contribution >= 0.6 is 0 Å². The highest BCUT2D eigenvalue weighted by atomic mass is 16.5. The lowest BCUT2D eigenvalue weighted by Gasteiger charge is -2.30. The minimum Gasteiger partial charge on any atom is -0.497 e. The second kappa shape index (κ2) is 4.40. The van der Waals surface area contributed by atoms with Crippen LogP contribution in [-0.4, -0.2) is 19.1 Å². The van der Waals surface area contributed by atoms with Gasteiger partial charge in [0.15, 0.2) is 0 Å². The molecule has 1 aliphatic heterocycles. The highest BCUT2D eigenvalue weighted by Crippen LogP contribution is 2.38. The van der Waals surface area contributed by atoms with Gasteiger partial charge in [0.1, 0.15) is 5.75 Å². The van der Waals surface area contributed by atoms with Crippen LogP contribution in [0.1, 0.15) is 32.3 Å². The second-order valence-electron chi connectivity index (χ2n) is 4.85. The molecule has 0 spiro atoms. The monoisotopic (exact) mass is 233 g/mol. The number of hydrogen-bond donors (Lipinski definition) is 1. The highest BCUT2D eigenvalue weighted by molar-refractivity contribution is 5.81. The maximum Gasteiger partial charge on any atom is 0.221 e. The van der Waals surface area contributed by atoms with Crippen LogP contribution in [0.25, 0.3) is 0 Å². The molecule has 0 saturated carbocycles. The Bertz CT molecular complexity index is 430. The average Bonchev–Trinajstić information content (AvgIpc) is 2.65. The first-order valence-electron chi connectivity index (χ1n) is 6.04. The maximum atomic E-state index is 11.6. The Balaban J connectivity index is 2.39. The first-order valence-corrected chi connectivity index (χ1v) is 6.04. The van der Waals surface area contributed by atoms with E-state index in [1.54, 1.807) is 7.11 Å². The lowest BCUT2D eigenvalue weighted by Crippen LogP contribution is -2.37. The fourth-order valence-electron chi connectivity index (χ4n) is 2.70. The molecular weight excluding hydrogens is 214 g/mol. The molecule has 1 N–H and O–H groups in total. The number of methoxy groups -OCH3 is 1. The van der Waals surface area contributed by atoms with E-state index < -0.39 is 0 Å². The van der Waals surface area contributed by atoms with Crippen LogP contribution in [0.5, 0.6) is 5.75 Å². The molecule has 1 fully saturated rings. The van der Waals surface area contributed by atoms with Crippen LogP contribution in [0.15, 0.2) is 24.3 Å². The third-order valence-corrected chi connectivity index (χ3v) is 3.77. The molecule has 2 unspecified atom stereocenters. The largest absolute Gasteiger partial charge is 0.497 e. The molecule has 3 nitrogen and oxygen atoms in total. The Kier molecular flexibility index (Phi) is 3.09. The van der Waals surface area contributed by atoms with E-state index in [1.165, 1.54) is 5.56 Å². The molecular formula is C14H19NO2. The van der Waals surface area contributed by atoms with Crippen molar-refractivity contribution in [2.45, 2.75) is 38.1 Å². The van der Waals surface area contributed by atoms with Crippen molar-refractivity contribution < 1.29 is 9.53 Å². The van der Waals surface area contributed by atoms with Gasteiger partial charge >= 0.3 is 0 Å². The molecule has 1 heterocycles. The minimum absolute atomic E-state index is 0.125. The minimum atomic E-state index is -0.125. The maximum absolute atomic E-state index is 11.6. The van der Waals surface area contributed by atoms with Gasteiger partial charge in [-0.1, -0.05) is 26.0 Å². The fraction of sp³-hybridized carbons (Fsp3) is 0.500. The molecule has 17 heavy (non-hydrogen) atoms. The summed E-state index contributed by atoms with van der Waals surface area (Å²) in [5.41, 5.74) is 1.04. The molecule has 1 aliphatic rings. The summed E-state index contributed by atoms with van der Waals surface area (Å²) in [4.78, 5) is 11.6. The van der Waals surface area contributed by atoms with E-state index in [1.807, 2.05) is 18.2 Å². The van der Waals surface area contributed by atoms with Crippen LogP contribution in [0, 0.1) is 0 Å². The summed E-state index contributed by atoms with van der Waals surface area (Å²) in [7, 11) is 1.66. The number of amides is 1. The summed E-state index contributed by atoms with van der Waals surface area (Å²) in [5, 5.41) is 3.05. The van der Waals surface area contributed by atoms with Crippen molar-refractivity contribution in [1.82, 2.24) is 5.32 Å². The zero-order valence-electron chi connectivity index (χ0n) is 10.6. The molecule has 0 aromatic heterocycles. The first-order chi connectivity index (χ1) is 8.10. The molecule has 1 aromatic carbocycles. The lowest BCUT2D eigenvalue weighted by molar-refractivity contribution is -0.119. The third-order valence-electron chi connectivity index (χ3n) is 3.77. The van der Waals surface area contributed by atoms with Gasteiger partial charge in [-0.25, -0.2) is 0 Å². The quantitative estimate of drug-likeness (QED) is 0.869. The fourth-order valence-corrected chi connectivity index (χ4v) is 2.70. The Morgan fingerprint density at radius 3 is 2.94 bits per heavy atom. The standard InChI is InChI=1S/C14H19NO2/c1-4-12-14(2,9-13(16)15-12)10-6-5-7-11(8-10)17-3/h5-8,12H,4,9H2,1-3H3,(H,15,16). The Morgan fingerprint density at radius 2 is 2.29 bits per heavy atom. The van der Waals surface area contributed by atoms with Crippen molar-refractivity contribution in [3.63, 3.8) is 0 Å². The second-order valence-corrected chi connectivity index (χ2v) is 4.85. The molecule has 92 valence electrons. The number of carbonyl (C=O) groups is 1. The van der Waals surface area contributed by atoms with Crippen molar-refractivity contribution in [1.29, 1.82) is 0 Å². The van der Waals surface area contributed by atoms with Crippen molar-refractivity contribution in [2.24, 2.45) is 0 Å². The van der Waals surface area contributed by atoms with Gasteiger partial charge in [-0.05, 0) is 24.1 Å². The third kappa shape index (κ3) is 2.02. The van der Waals surface area contributed by atoms with Crippen LogP contribution in [-0.2, 0) is 10.2 Å². The molecule has 0 aliphatic carbocycles. The zero-order valence-corrected chi connectivity index (χ0v) is 10.6. The number of rotatable bonds is 3. The van der Waals surface area contributed by atoms with Crippen molar-refractivity contribution in [3.8, 4) is 5.75 Å². The van der Waals surface area contributed by atoms with E-state index in [2.05, 4.69) is 25.2 Å². The summed E-state index contributed by atoms with van der Waals surface area (Å²) in [6.45, 7) is 4.25. The Labute approximate surface area is 102 Å². The van der Waals surface area contributed by atoms with E-state index in [4.69, 9.17) is 4.74 Å². The Hall–Kier alpha value is -1.51. The molecule has 1 aromatic rings. The average molecular weight is 233 g/mol. The van der Waals surface area contributed by atoms with Gasteiger partial charge in [0.25, 0.3) is 0 Å². The van der Waals surface area contributed by atoms with E-state index in [0.717, 1.165) is 12.2 Å². The van der Waals surface area contributed by atoms with Gasteiger partial charge in [0.05, 0.1) is 7.11 Å². The van der Waals surface area contributed by atoms with Crippen LogP contribution < -0.4 is 10.1 Å². The van der Waals surface area contributed by atoms with Gasteiger partial charge < -0.3 is 10.1 Å². The van der Waals surface area contributed by atoms with E-state index in [-0.39, 0.29) is 17.4 Å². The molecule has 2 atom stereocenters. The number of benzene rings is 1. The van der Waals surface area contributed by atoms with E-state index in [0.29, 0.717) is 6.42 Å². The van der Waals surface area contributed by atoms with Gasteiger partial charge in [-0.2, -0.15) is 0 Å². The van der Waals surface area contributed by atoms with E-state index in [9.17, 15) is 4.79 Å². The number of ether oxygens (including phenoxy) is 1. The summed E-state index contributed by atoms with van der Waals surface area (Å²) in [6, 6.07) is 8.23. The SMILES string of the molecule is CCC1NC(=O)CC1(C)c1cccc(OC)c1. The summed E-state index contributed by atoms with van der Waals surface area (Å²) in [6.07, 6.45) is 1.50. The molecule has 0 bridgehead atoms. The first kappa shape index (κ1) is 12.0. The highest BCUT2D eigenvalue weighted by Gasteiger charge is 2.43. The van der Waals surface area contributed by atoms with Crippen LogP contribution in [0.2, 0.25) is 0 Å². The Morgan fingerprint density at radius 1 is 1.53 bits per heavy atom. The number of hydrogen-bond acceptors (Lipinski definition) is 2. The topological polar surface area (TPSA) is 38.3 Å². The summed E-state index contributed by atoms with van der Waals surface area (Å²) in [5.74, 6) is 0.986. The normalized spacial score (nSPS) is 27.9. The van der Waals surface area contributed by atoms with Gasteiger partial charge in [0, 0.05) is 17.9 Å². The van der Waals surface area contributed by atoms with Crippen LogP contribution in [0.4, 0.5) is 0 Å². The van der Waals surface area contributed by atoms with Gasteiger partial charge in [-0.15, -0.1) is 0 Å². The van der Waals surface area contributed by atoms with Crippen molar-refractivity contribution in [2.75, 3.05) is 7.11 Å². The molecule has 1 saturated heterocycles. The van der Waals surface area contributed by atoms with Gasteiger partial charge in [-0.3, -0.25) is 4.79 Å². The predicted octanol–water partition coefficient (Wildman–Crippen LogP) is 2.25. The molecule has 0 radical (unpaired) electrons. The smallest absolute Gasteiger partial charge is 0.221 e. The lowest BCUT2D eigenvalue weighted by atomic mass is 9.75. The summed E-state index contributed by atoms with van der Waals surface area (Å²) < 4.78 is 5.25. The molecule has 1 amide bonds. The zero-order chi connectivity index (χ0) is 12.5. The molecule has 3 heteroatoms. The molecule has 2 rings (SSSR count). The predicted molar refractivity (Wildman–Crippen MR) is 67.2 cm³/mol. The number of carbonyl (C=O) groups excluding carboxylic acids is 1. The summed E-state index contributed by atoms with van der Waals surface area (Å²) >= 11 is 0. The van der Waals surface area contributed by atoms with Crippen LogP contribution in [0.3, 0.4) is 0 Å². The van der Waals surface area contributed by atoms with Gasteiger partial charge in [0.2, 0.25) is 5.91 Å². The van der Waals surface area contributed by atoms with Crippen molar-refractivity contribution >= 4 is 5.91 Å². The number of nitrogens with one attached hydrogen (secondary N) is 1. The van der Waals surface area contributed by atoms with E-state index >= 15 is 0 Å². The van der Waals surface area contributed by atoms with Crippen molar-refractivity contribution in [3.05, 3.63) is 29.8 Å².